The van der Waals surface area contributed by atoms with Crippen LogP contribution >= 0.6 is 0 Å². The molecule has 4 heteroatoms. The Kier molecular flexibility index (Phi) is 7.31. The lowest BCUT2D eigenvalue weighted by Crippen LogP contribution is -2.59. The molecule has 2 aliphatic rings. The van der Waals surface area contributed by atoms with Crippen LogP contribution in [0.1, 0.15) is 89.5 Å². The minimum absolute atomic E-state index is 0.00562. The second kappa shape index (κ2) is 7.93. The maximum atomic E-state index is 5.97. The number of ether oxygens (including phenoxy) is 4. The topological polar surface area (TPSA) is 36.9 Å². The summed E-state index contributed by atoms with van der Waals surface area (Å²) in [4.78, 5) is 0. The van der Waals surface area contributed by atoms with Gasteiger partial charge >= 0.3 is 0 Å². The third-order valence-electron chi connectivity index (χ3n) is 5.54. The minimum atomic E-state index is -0.446. The van der Waals surface area contributed by atoms with Crippen molar-refractivity contribution in [3.63, 3.8) is 0 Å². The lowest BCUT2D eigenvalue weighted by Gasteiger charge is -2.53. The lowest BCUT2D eigenvalue weighted by atomic mass is 9.70. The van der Waals surface area contributed by atoms with Gasteiger partial charge in [0.1, 0.15) is 0 Å². The molecule has 2 fully saturated rings. The first-order valence-corrected chi connectivity index (χ1v) is 10.5. The van der Waals surface area contributed by atoms with Crippen LogP contribution in [0.15, 0.2) is 0 Å². The van der Waals surface area contributed by atoms with E-state index in [1.165, 1.54) is 0 Å². The molecule has 0 saturated carbocycles. The summed E-state index contributed by atoms with van der Waals surface area (Å²) >= 11 is 0. The van der Waals surface area contributed by atoms with Gasteiger partial charge in [-0.05, 0) is 6.42 Å². The van der Waals surface area contributed by atoms with Crippen LogP contribution in [0, 0.1) is 21.7 Å². The fourth-order valence-electron chi connectivity index (χ4n) is 4.93. The molecule has 2 heterocycles. The minimum Gasteiger partial charge on any atom is -0.349 e. The largest absolute Gasteiger partial charge is 0.349 e. The van der Waals surface area contributed by atoms with Crippen molar-refractivity contribution in [3.05, 3.63) is 0 Å². The molecule has 0 N–H and O–H groups in total. The number of hydrogen-bond donors (Lipinski definition) is 0. The van der Waals surface area contributed by atoms with Crippen LogP contribution in [0.5, 0.6) is 0 Å². The molecular formula is C23H46O4. The second-order valence-corrected chi connectivity index (χ2v) is 12.0. The molecule has 0 spiro atoms. The molecule has 0 aliphatic carbocycles. The van der Waals surface area contributed by atoms with E-state index in [9.17, 15) is 0 Å². The maximum Gasteiger partial charge on any atom is 0.178 e. The third-order valence-corrected chi connectivity index (χ3v) is 5.54. The molecule has 2 rings (SSSR count). The highest BCUT2D eigenvalue weighted by Gasteiger charge is 2.56. The van der Waals surface area contributed by atoms with Gasteiger partial charge < -0.3 is 18.9 Å². The summed E-state index contributed by atoms with van der Waals surface area (Å²) in [5.41, 5.74) is 0.0425. The van der Waals surface area contributed by atoms with Gasteiger partial charge in [-0.25, -0.2) is 0 Å². The highest BCUT2D eigenvalue weighted by atomic mass is 16.7. The Balaban J connectivity index is 0.000000271. The molecular weight excluding hydrogens is 340 g/mol. The van der Waals surface area contributed by atoms with E-state index in [2.05, 4.69) is 83.1 Å². The van der Waals surface area contributed by atoms with Gasteiger partial charge in [0.2, 0.25) is 0 Å². The van der Waals surface area contributed by atoms with Crippen LogP contribution in [-0.4, -0.2) is 38.0 Å². The Labute approximate surface area is 168 Å². The standard InChI is InChI=1S/C12H24O2.C11H22O2/c1-10(2,3)12(11(4,5)6)13-8-7-9-14-12;1-9(2,3)11(10(4,5)6)12-7-8-13-11/h7-9H2,1-6H3;7-8H2,1-6H3. The normalized spacial score (nSPS) is 23.6. The van der Waals surface area contributed by atoms with E-state index in [-0.39, 0.29) is 21.7 Å². The Morgan fingerprint density at radius 1 is 0.407 bits per heavy atom. The predicted octanol–water partition coefficient (Wildman–Crippen LogP) is 6.03. The molecule has 27 heavy (non-hydrogen) atoms. The Morgan fingerprint density at radius 3 is 0.815 bits per heavy atom. The van der Waals surface area contributed by atoms with Gasteiger partial charge in [-0.1, -0.05) is 83.1 Å². The van der Waals surface area contributed by atoms with E-state index in [1.54, 1.807) is 0 Å². The van der Waals surface area contributed by atoms with Gasteiger partial charge in [0.15, 0.2) is 11.6 Å². The molecule has 2 aliphatic heterocycles. The first-order valence-electron chi connectivity index (χ1n) is 10.5. The van der Waals surface area contributed by atoms with Gasteiger partial charge in [-0.2, -0.15) is 0 Å². The van der Waals surface area contributed by atoms with Gasteiger partial charge in [-0.3, -0.25) is 0 Å². The number of rotatable bonds is 0. The van der Waals surface area contributed by atoms with Gasteiger partial charge in [0.05, 0.1) is 26.4 Å². The Morgan fingerprint density at radius 2 is 0.630 bits per heavy atom. The smallest absolute Gasteiger partial charge is 0.178 e. The molecule has 0 aromatic heterocycles. The summed E-state index contributed by atoms with van der Waals surface area (Å²) < 4.78 is 23.6. The number of hydrogen-bond acceptors (Lipinski definition) is 4. The van der Waals surface area contributed by atoms with E-state index >= 15 is 0 Å². The monoisotopic (exact) mass is 386 g/mol. The van der Waals surface area contributed by atoms with Crippen molar-refractivity contribution in [2.24, 2.45) is 21.7 Å². The van der Waals surface area contributed by atoms with Crippen molar-refractivity contribution in [2.45, 2.75) is 101 Å². The summed E-state index contributed by atoms with van der Waals surface area (Å²) in [7, 11) is 0. The van der Waals surface area contributed by atoms with Crippen LogP contribution in [0.4, 0.5) is 0 Å². The van der Waals surface area contributed by atoms with Crippen molar-refractivity contribution < 1.29 is 18.9 Å². The van der Waals surface area contributed by atoms with Crippen LogP contribution in [0.2, 0.25) is 0 Å². The average molecular weight is 387 g/mol. The first-order chi connectivity index (χ1) is 11.9. The maximum absolute atomic E-state index is 5.97. The van der Waals surface area contributed by atoms with Crippen LogP contribution in [-0.2, 0) is 18.9 Å². The zero-order chi connectivity index (χ0) is 21.4. The van der Waals surface area contributed by atoms with Gasteiger partial charge in [-0.15, -0.1) is 0 Å². The molecule has 2 saturated heterocycles. The summed E-state index contributed by atoms with van der Waals surface area (Å²) in [5, 5.41) is 0. The molecule has 162 valence electrons. The van der Waals surface area contributed by atoms with E-state index in [4.69, 9.17) is 18.9 Å². The predicted molar refractivity (Wildman–Crippen MR) is 112 cm³/mol. The van der Waals surface area contributed by atoms with E-state index in [0.29, 0.717) is 13.2 Å². The van der Waals surface area contributed by atoms with Crippen molar-refractivity contribution in [3.8, 4) is 0 Å². The highest BCUT2D eigenvalue weighted by molar-refractivity contribution is 4.96. The zero-order valence-electron chi connectivity index (χ0n) is 20.2. The van der Waals surface area contributed by atoms with E-state index < -0.39 is 11.6 Å². The van der Waals surface area contributed by atoms with Gasteiger partial charge in [0, 0.05) is 21.7 Å². The summed E-state index contributed by atoms with van der Waals surface area (Å²) in [5.74, 6) is -0.877. The molecule has 0 unspecified atom stereocenters. The zero-order valence-corrected chi connectivity index (χ0v) is 20.2. The molecule has 0 aromatic carbocycles. The Bertz CT molecular complexity index is 425. The van der Waals surface area contributed by atoms with Crippen LogP contribution in [0.25, 0.3) is 0 Å². The Hall–Kier alpha value is -0.160. The second-order valence-electron chi connectivity index (χ2n) is 12.0. The summed E-state index contributed by atoms with van der Waals surface area (Å²) in [6, 6.07) is 0. The summed E-state index contributed by atoms with van der Waals surface area (Å²) in [6.45, 7) is 29.2. The fourth-order valence-corrected chi connectivity index (χ4v) is 4.93. The molecule has 0 atom stereocenters. The quantitative estimate of drug-likeness (QED) is 0.509. The van der Waals surface area contributed by atoms with E-state index in [0.717, 1.165) is 19.6 Å². The van der Waals surface area contributed by atoms with Crippen molar-refractivity contribution in [1.29, 1.82) is 0 Å². The summed E-state index contributed by atoms with van der Waals surface area (Å²) in [6.07, 6.45) is 1.01. The molecule has 0 bridgehead atoms. The van der Waals surface area contributed by atoms with Crippen LogP contribution in [0.3, 0.4) is 0 Å². The van der Waals surface area contributed by atoms with Gasteiger partial charge in [0.25, 0.3) is 0 Å². The average Bonchev–Trinajstić information content (AvgIpc) is 2.97. The van der Waals surface area contributed by atoms with E-state index in [1.807, 2.05) is 0 Å². The SMILES string of the molecule is CC(C)(C)C1(C(C)(C)C)OCCCO1.CC(C)(C)C1(C(C)(C)C)OCCO1. The molecule has 0 aromatic rings. The van der Waals surface area contributed by atoms with Crippen molar-refractivity contribution in [2.75, 3.05) is 26.4 Å². The van der Waals surface area contributed by atoms with Crippen LogP contribution < -0.4 is 0 Å². The molecule has 0 radical (unpaired) electrons. The molecule has 4 nitrogen and oxygen atoms in total. The lowest BCUT2D eigenvalue weighted by molar-refractivity contribution is -0.358. The first kappa shape index (κ1) is 24.9. The highest BCUT2D eigenvalue weighted by Crippen LogP contribution is 2.50. The molecule has 0 amide bonds. The fraction of sp³-hybridized carbons (Fsp3) is 1.00. The van der Waals surface area contributed by atoms with Crippen molar-refractivity contribution >= 4 is 0 Å². The van der Waals surface area contributed by atoms with Crippen molar-refractivity contribution in [1.82, 2.24) is 0 Å². The third kappa shape index (κ3) is 4.88.